The van der Waals surface area contributed by atoms with Gasteiger partial charge in [0.05, 0.1) is 25.9 Å². The van der Waals surface area contributed by atoms with Crippen molar-refractivity contribution in [1.29, 1.82) is 0 Å². The van der Waals surface area contributed by atoms with Crippen molar-refractivity contribution in [3.8, 4) is 11.5 Å². The van der Waals surface area contributed by atoms with Crippen molar-refractivity contribution < 1.29 is 28.7 Å². The zero-order valence-corrected chi connectivity index (χ0v) is 12.1. The molecule has 0 bridgehead atoms. The van der Waals surface area contributed by atoms with E-state index in [2.05, 4.69) is 10.5 Å². The molecule has 0 aliphatic rings. The largest absolute Gasteiger partial charge is 0.545 e. The molecule has 0 saturated carbocycles. The molecule has 1 aromatic heterocycles. The maximum Gasteiger partial charge on any atom is 0.277 e. The minimum Gasteiger partial charge on any atom is -0.545 e. The summed E-state index contributed by atoms with van der Waals surface area (Å²) in [6.45, 7) is 1.63. The van der Waals surface area contributed by atoms with Crippen molar-refractivity contribution in [2.75, 3.05) is 19.5 Å². The highest BCUT2D eigenvalue weighted by Crippen LogP contribution is 2.33. The Morgan fingerprint density at radius 3 is 2.32 bits per heavy atom. The summed E-state index contributed by atoms with van der Waals surface area (Å²) in [6.07, 6.45) is 0. The summed E-state index contributed by atoms with van der Waals surface area (Å²) in [5, 5.41) is 17.2. The van der Waals surface area contributed by atoms with Crippen LogP contribution in [0.5, 0.6) is 11.5 Å². The summed E-state index contributed by atoms with van der Waals surface area (Å²) < 4.78 is 14.9. The first-order valence-electron chi connectivity index (χ1n) is 6.18. The molecule has 2 aromatic rings. The van der Waals surface area contributed by atoms with E-state index in [9.17, 15) is 14.7 Å². The van der Waals surface area contributed by atoms with Crippen molar-refractivity contribution in [3.63, 3.8) is 0 Å². The summed E-state index contributed by atoms with van der Waals surface area (Å²) in [5.41, 5.74) is -0.217. The molecule has 8 nitrogen and oxygen atoms in total. The Balaban J connectivity index is 2.40. The summed E-state index contributed by atoms with van der Waals surface area (Å²) in [6, 6.07) is 3.96. The van der Waals surface area contributed by atoms with Crippen LogP contribution in [0, 0.1) is 6.92 Å². The van der Waals surface area contributed by atoms with E-state index in [1.165, 1.54) is 32.4 Å². The average molecular weight is 305 g/mol. The highest BCUT2D eigenvalue weighted by Gasteiger charge is 2.17. The molecule has 116 valence electrons. The van der Waals surface area contributed by atoms with Crippen LogP contribution in [0.25, 0.3) is 0 Å². The van der Waals surface area contributed by atoms with Gasteiger partial charge in [0.1, 0.15) is 5.76 Å². The van der Waals surface area contributed by atoms with E-state index < -0.39 is 11.9 Å². The lowest BCUT2D eigenvalue weighted by atomic mass is 10.1. The van der Waals surface area contributed by atoms with Crippen molar-refractivity contribution >= 4 is 17.6 Å². The molecule has 0 unspecified atom stereocenters. The Bertz CT molecular complexity index is 722. The summed E-state index contributed by atoms with van der Waals surface area (Å²) in [5.74, 6) is -1.16. The van der Waals surface area contributed by atoms with Crippen LogP contribution in [0.15, 0.2) is 22.7 Å². The zero-order chi connectivity index (χ0) is 16.3. The number of rotatable bonds is 5. The van der Waals surface area contributed by atoms with E-state index in [0.29, 0.717) is 5.76 Å². The third-order valence-electron chi connectivity index (χ3n) is 2.85. The van der Waals surface area contributed by atoms with Crippen molar-refractivity contribution in [2.45, 2.75) is 6.92 Å². The number of carbonyl (C=O) groups excluding carboxylic acids is 2. The summed E-state index contributed by atoms with van der Waals surface area (Å²) in [7, 11) is 2.76. The first-order chi connectivity index (χ1) is 10.5. The number of ether oxygens (including phenoxy) is 2. The predicted octanol–water partition coefficient (Wildman–Crippen LogP) is 0.616. The number of amides is 1. The lowest BCUT2D eigenvalue weighted by Crippen LogP contribution is -2.25. The highest BCUT2D eigenvalue weighted by molar-refractivity contribution is 6.06. The monoisotopic (exact) mass is 305 g/mol. The molecule has 8 heteroatoms. The average Bonchev–Trinajstić information content (AvgIpc) is 2.93. The molecule has 0 spiro atoms. The standard InChI is InChI=1S/C14H14N2O6/c1-7-4-10(16-22-7)13(17)15-9-6-12(21-3)11(20-2)5-8(9)14(18)19/h4-6H,1-3H3,(H,15,17)(H,18,19)/p-1. The Labute approximate surface area is 125 Å². The molecular formula is C14H13N2O6-. The fraction of sp³-hybridized carbons (Fsp3) is 0.214. The van der Waals surface area contributed by atoms with Gasteiger partial charge in [0, 0.05) is 17.7 Å². The molecule has 2 rings (SSSR count). The lowest BCUT2D eigenvalue weighted by molar-refractivity contribution is -0.254. The van der Waals surface area contributed by atoms with Gasteiger partial charge in [-0.2, -0.15) is 0 Å². The predicted molar refractivity (Wildman–Crippen MR) is 73.1 cm³/mol. The second-order valence-electron chi connectivity index (χ2n) is 4.32. The van der Waals surface area contributed by atoms with Gasteiger partial charge in [-0.1, -0.05) is 5.16 Å². The first kappa shape index (κ1) is 15.4. The number of methoxy groups -OCH3 is 2. The highest BCUT2D eigenvalue weighted by atomic mass is 16.5. The zero-order valence-electron chi connectivity index (χ0n) is 12.1. The molecule has 1 heterocycles. The number of nitrogens with one attached hydrogen (secondary N) is 1. The molecule has 1 amide bonds. The molecule has 0 radical (unpaired) electrons. The van der Waals surface area contributed by atoms with Gasteiger partial charge in [-0.3, -0.25) is 4.79 Å². The van der Waals surface area contributed by atoms with Gasteiger partial charge in [0.25, 0.3) is 5.91 Å². The number of aromatic nitrogens is 1. The number of aromatic carboxylic acids is 1. The van der Waals surface area contributed by atoms with Crippen molar-refractivity contribution in [2.24, 2.45) is 0 Å². The smallest absolute Gasteiger partial charge is 0.277 e. The van der Waals surface area contributed by atoms with Crippen LogP contribution in [0.2, 0.25) is 0 Å². The number of carboxylic acid groups (broad SMARTS) is 1. The molecular weight excluding hydrogens is 292 g/mol. The fourth-order valence-corrected chi connectivity index (χ4v) is 1.81. The second kappa shape index (κ2) is 6.17. The summed E-state index contributed by atoms with van der Waals surface area (Å²) in [4.78, 5) is 23.3. The second-order valence-corrected chi connectivity index (χ2v) is 4.32. The van der Waals surface area contributed by atoms with E-state index in [0.717, 1.165) is 0 Å². The molecule has 0 aliphatic carbocycles. The Morgan fingerprint density at radius 1 is 1.18 bits per heavy atom. The van der Waals surface area contributed by atoms with Crippen LogP contribution in [-0.4, -0.2) is 31.3 Å². The van der Waals surface area contributed by atoms with Crippen LogP contribution in [-0.2, 0) is 0 Å². The molecule has 22 heavy (non-hydrogen) atoms. The van der Waals surface area contributed by atoms with E-state index in [1.807, 2.05) is 0 Å². The van der Waals surface area contributed by atoms with E-state index >= 15 is 0 Å². The number of benzene rings is 1. The topological polar surface area (TPSA) is 114 Å². The summed E-state index contributed by atoms with van der Waals surface area (Å²) >= 11 is 0. The lowest BCUT2D eigenvalue weighted by Gasteiger charge is -2.15. The molecule has 0 fully saturated rings. The van der Waals surface area contributed by atoms with Crippen molar-refractivity contribution in [1.82, 2.24) is 5.16 Å². The van der Waals surface area contributed by atoms with Gasteiger partial charge in [0.2, 0.25) is 0 Å². The fourth-order valence-electron chi connectivity index (χ4n) is 1.81. The Kier molecular flexibility index (Phi) is 4.31. The van der Waals surface area contributed by atoms with E-state index in [1.54, 1.807) is 6.92 Å². The van der Waals surface area contributed by atoms with Gasteiger partial charge in [-0.05, 0) is 13.0 Å². The third kappa shape index (κ3) is 3.00. The van der Waals surface area contributed by atoms with Gasteiger partial charge in [-0.25, -0.2) is 0 Å². The minimum atomic E-state index is -1.47. The molecule has 1 aromatic carbocycles. The van der Waals surface area contributed by atoms with Crippen LogP contribution in [0.3, 0.4) is 0 Å². The third-order valence-corrected chi connectivity index (χ3v) is 2.85. The Morgan fingerprint density at radius 2 is 1.82 bits per heavy atom. The van der Waals surface area contributed by atoms with Crippen LogP contribution >= 0.6 is 0 Å². The normalized spacial score (nSPS) is 10.1. The maximum absolute atomic E-state index is 12.0. The molecule has 0 saturated heterocycles. The van der Waals surface area contributed by atoms with Gasteiger partial charge in [-0.15, -0.1) is 0 Å². The Hall–Kier alpha value is -3.03. The van der Waals surface area contributed by atoms with Crippen LogP contribution in [0.1, 0.15) is 26.6 Å². The maximum atomic E-state index is 12.0. The van der Waals surface area contributed by atoms with Gasteiger partial charge < -0.3 is 29.2 Å². The number of anilines is 1. The molecule has 0 aliphatic heterocycles. The SMILES string of the molecule is COc1cc(NC(=O)c2cc(C)on2)c(C(=O)[O-])cc1OC. The van der Waals surface area contributed by atoms with E-state index in [-0.39, 0.29) is 28.4 Å². The minimum absolute atomic E-state index is 0.00306. The number of aryl methyl sites for hydroxylation is 1. The molecule has 1 N–H and O–H groups in total. The van der Waals surface area contributed by atoms with Gasteiger partial charge >= 0.3 is 0 Å². The number of carbonyl (C=O) groups is 2. The molecule has 0 atom stereocenters. The number of carboxylic acids is 1. The number of hydrogen-bond donors (Lipinski definition) is 1. The number of nitrogens with zero attached hydrogens (tertiary/aromatic N) is 1. The quantitative estimate of drug-likeness (QED) is 0.861. The van der Waals surface area contributed by atoms with Gasteiger partial charge in [0.15, 0.2) is 17.2 Å². The van der Waals surface area contributed by atoms with Crippen LogP contribution < -0.4 is 19.9 Å². The van der Waals surface area contributed by atoms with E-state index in [4.69, 9.17) is 14.0 Å². The number of hydrogen-bond acceptors (Lipinski definition) is 7. The van der Waals surface area contributed by atoms with Crippen LogP contribution in [0.4, 0.5) is 5.69 Å². The van der Waals surface area contributed by atoms with Crippen molar-refractivity contribution in [3.05, 3.63) is 35.2 Å². The first-order valence-corrected chi connectivity index (χ1v) is 6.18.